The van der Waals surface area contributed by atoms with Crippen LogP contribution in [0.5, 0.6) is 5.75 Å². The van der Waals surface area contributed by atoms with E-state index in [0.717, 1.165) is 28.9 Å². The van der Waals surface area contributed by atoms with Crippen molar-refractivity contribution in [3.8, 4) is 17.1 Å². The van der Waals surface area contributed by atoms with Crippen molar-refractivity contribution in [3.05, 3.63) is 68.8 Å². The number of nitrogens with one attached hydrogen (secondary N) is 4. The second kappa shape index (κ2) is 36.7. The van der Waals surface area contributed by atoms with Crippen LogP contribution in [-0.2, 0) is 106 Å². The summed E-state index contributed by atoms with van der Waals surface area (Å²) in [6.07, 6.45) is 5.11. The lowest BCUT2D eigenvalue weighted by Gasteiger charge is -2.41. The number of aromatic nitrogens is 2. The smallest absolute Gasteiger partial charge is 0.407 e. The number of hydrogen-bond acceptors (Lipinski definition) is 21. The number of unbranched alkanes of at least 4 members (excludes halogenated alkanes) is 1. The van der Waals surface area contributed by atoms with Crippen molar-refractivity contribution in [1.82, 2.24) is 35.7 Å². The molecular formula is C63H88FN8O20+. The molecule has 0 unspecified atom stereocenters. The standard InChI is InChI=1S/C63H87FN8O20/c1-5-7-16-66-59(78)50(68-55(75)9-8-18-70-56(76)12-13-57(70)77)10-11-54(74)65-17-21-83-22-23-84-24-25-85-26-27-86-28-29-87-30-31-88-32-33-89-34-35-90-62(81)67-43-14-19-72(3,20-15-43)40-46-44-36-53(82-4)49(64)38-51(44)69-58-45(46)39-71-52(58)37-48-47(60(71)79)41-91-61(80)63(48,6-2)92-42-73/h12-13,36-38,42-43,50H,5-11,14-35,39-41H2,1-4H3,(H3-,65,66,67,68,74,75,78,81)/p+1/t43?,50-,63-,72?/m0/s1. The number of likely N-dealkylation sites (tertiary alicyclic amines) is 1. The summed E-state index contributed by atoms with van der Waals surface area (Å²) >= 11 is 0. The van der Waals surface area contributed by atoms with E-state index >= 15 is 4.39 Å². The first-order valence-corrected chi connectivity index (χ1v) is 31.5. The minimum absolute atomic E-state index is 0.00126. The molecule has 6 heterocycles. The molecule has 0 spiro atoms. The second-order valence-corrected chi connectivity index (χ2v) is 22.7. The van der Waals surface area contributed by atoms with Crippen LogP contribution in [0.25, 0.3) is 22.3 Å². The number of piperidine rings is 1. The third-order valence-corrected chi connectivity index (χ3v) is 16.3. The number of carbonyl (C=O) groups is 8. The van der Waals surface area contributed by atoms with Gasteiger partial charge in [-0.15, -0.1) is 0 Å². The van der Waals surface area contributed by atoms with Gasteiger partial charge in [0.15, 0.2) is 11.6 Å². The highest BCUT2D eigenvalue weighted by atomic mass is 19.1. The zero-order valence-corrected chi connectivity index (χ0v) is 53.1. The van der Waals surface area contributed by atoms with E-state index in [9.17, 15) is 43.2 Å². The van der Waals surface area contributed by atoms with Crippen LogP contribution in [0.15, 0.2) is 35.1 Å². The van der Waals surface area contributed by atoms with Crippen LogP contribution in [-0.4, -0.2) is 225 Å². The summed E-state index contributed by atoms with van der Waals surface area (Å²) in [5, 5.41) is 11.9. The third-order valence-electron chi connectivity index (χ3n) is 16.3. The molecule has 28 nitrogen and oxygen atoms in total. The number of fused-ring (bicyclic) bond motifs is 5. The summed E-state index contributed by atoms with van der Waals surface area (Å²) in [7, 11) is 3.51. The second-order valence-electron chi connectivity index (χ2n) is 22.7. The first-order chi connectivity index (χ1) is 44.5. The Labute approximate surface area is 533 Å². The van der Waals surface area contributed by atoms with E-state index in [1.54, 1.807) is 23.6 Å². The van der Waals surface area contributed by atoms with Crippen molar-refractivity contribution < 1.29 is 99.3 Å². The van der Waals surface area contributed by atoms with Gasteiger partial charge in [0, 0.05) is 91.7 Å². The van der Waals surface area contributed by atoms with E-state index < -0.39 is 52.8 Å². The number of quaternary nitrogens is 1. The molecule has 6 amide bonds. The molecule has 2 aromatic heterocycles. The van der Waals surface area contributed by atoms with Crippen LogP contribution in [0.3, 0.4) is 0 Å². The van der Waals surface area contributed by atoms with Crippen LogP contribution in [0, 0.1) is 5.82 Å². The number of rotatable bonds is 43. The van der Waals surface area contributed by atoms with Crippen LogP contribution in [0.1, 0.15) is 93.9 Å². The lowest BCUT2D eigenvalue weighted by Crippen LogP contribution is -2.53. The number of esters is 1. The average Bonchev–Trinajstić information content (AvgIpc) is 1.48. The van der Waals surface area contributed by atoms with E-state index in [0.29, 0.717) is 145 Å². The Balaban J connectivity index is 0.661. The Kier molecular flexibility index (Phi) is 28.7. The molecule has 0 radical (unpaired) electrons. The number of halogens is 1. The zero-order chi connectivity index (χ0) is 65.9. The van der Waals surface area contributed by atoms with E-state index in [4.69, 9.17) is 57.1 Å². The molecule has 92 heavy (non-hydrogen) atoms. The van der Waals surface area contributed by atoms with Gasteiger partial charge in [0.05, 0.1) is 149 Å². The first kappa shape index (κ1) is 71.9. The van der Waals surface area contributed by atoms with Gasteiger partial charge in [-0.2, -0.15) is 0 Å². The number of nitrogens with zero attached hydrogens (tertiary/aromatic N) is 4. The number of hydrogen-bond donors (Lipinski definition) is 4. The predicted octanol–water partition coefficient (Wildman–Crippen LogP) is 2.36. The van der Waals surface area contributed by atoms with Crippen molar-refractivity contribution in [2.45, 2.75) is 109 Å². The highest BCUT2D eigenvalue weighted by molar-refractivity contribution is 6.12. The molecule has 2 atom stereocenters. The molecule has 4 aliphatic heterocycles. The summed E-state index contributed by atoms with van der Waals surface area (Å²) in [5.41, 5.74) is 1.12. The van der Waals surface area contributed by atoms with Gasteiger partial charge < -0.3 is 82.4 Å². The number of imide groups is 1. The molecule has 1 fully saturated rings. The number of benzene rings is 1. The molecule has 0 bridgehead atoms. The molecule has 4 N–H and O–H groups in total. The van der Waals surface area contributed by atoms with Gasteiger partial charge in [0.1, 0.15) is 25.8 Å². The molecule has 506 valence electrons. The van der Waals surface area contributed by atoms with Gasteiger partial charge in [-0.05, 0) is 37.8 Å². The van der Waals surface area contributed by atoms with Gasteiger partial charge in [0.25, 0.3) is 23.8 Å². The van der Waals surface area contributed by atoms with Crippen molar-refractivity contribution in [3.63, 3.8) is 0 Å². The monoisotopic (exact) mass is 1300 g/mol. The quantitative estimate of drug-likeness (QED) is 0.0123. The van der Waals surface area contributed by atoms with Gasteiger partial charge in [-0.3, -0.25) is 38.5 Å². The Hall–Kier alpha value is -7.51. The molecule has 7 rings (SSSR count). The van der Waals surface area contributed by atoms with Crippen molar-refractivity contribution >= 4 is 59.0 Å². The van der Waals surface area contributed by atoms with Crippen LogP contribution in [0.2, 0.25) is 0 Å². The molecule has 4 aliphatic rings. The van der Waals surface area contributed by atoms with Crippen molar-refractivity contribution in [2.75, 3.05) is 146 Å². The number of alkyl carbamates (subject to hydrolysis) is 1. The molecule has 1 saturated heterocycles. The Morgan fingerprint density at radius 2 is 1.38 bits per heavy atom. The maximum Gasteiger partial charge on any atom is 0.407 e. The van der Waals surface area contributed by atoms with Gasteiger partial charge >= 0.3 is 12.1 Å². The van der Waals surface area contributed by atoms with Crippen LogP contribution >= 0.6 is 0 Å². The highest BCUT2D eigenvalue weighted by Gasteiger charge is 2.49. The maximum absolute atomic E-state index is 15.3. The maximum atomic E-state index is 15.3. The van der Waals surface area contributed by atoms with Crippen LogP contribution < -0.4 is 31.6 Å². The summed E-state index contributed by atoms with van der Waals surface area (Å²) in [6, 6.07) is 3.56. The fourth-order valence-electron chi connectivity index (χ4n) is 11.2. The lowest BCUT2D eigenvalue weighted by atomic mass is 9.85. The minimum Gasteiger partial charge on any atom is -0.494 e. The van der Waals surface area contributed by atoms with E-state index in [1.165, 1.54) is 25.3 Å². The fourth-order valence-corrected chi connectivity index (χ4v) is 11.2. The van der Waals surface area contributed by atoms with Gasteiger partial charge in [-0.25, -0.2) is 19.0 Å². The molecule has 29 heteroatoms. The average molecular weight is 1300 g/mol. The summed E-state index contributed by atoms with van der Waals surface area (Å²) in [5.74, 6) is -3.28. The normalized spacial score (nSPS) is 18.4. The Morgan fingerprint density at radius 1 is 0.772 bits per heavy atom. The predicted molar refractivity (Wildman–Crippen MR) is 326 cm³/mol. The number of pyridine rings is 2. The number of carbonyl (C=O) groups excluding carboxylic acids is 8. The van der Waals surface area contributed by atoms with Crippen molar-refractivity contribution in [1.29, 1.82) is 0 Å². The Morgan fingerprint density at radius 3 is 1.97 bits per heavy atom. The topological polar surface area (TPSA) is 324 Å². The Bertz CT molecular complexity index is 3100. The zero-order valence-electron chi connectivity index (χ0n) is 53.1. The van der Waals surface area contributed by atoms with E-state index in [-0.39, 0.29) is 119 Å². The summed E-state index contributed by atoms with van der Waals surface area (Å²) in [4.78, 5) is 119. The SMILES string of the molecule is CCCCNC(=O)[C@H](CCC(=O)NCCOCCOCCOCCOCCOCCOCCOCCOC(=O)NC1CC[N+](C)(Cc2c3c(nc4cc(F)c(OC)cc24)-c2cc4c(c(=O)n2C3)COC(=O)[C@@]4(CC)OC=O)CC1)NC(=O)CCCN1C(=O)C=CC1=O. The number of cyclic esters (lactones) is 1. The summed E-state index contributed by atoms with van der Waals surface area (Å²) < 4.78 is 77.8. The molecule has 0 saturated carbocycles. The first-order valence-electron chi connectivity index (χ1n) is 31.5. The number of methoxy groups -OCH3 is 1. The van der Waals surface area contributed by atoms with Crippen molar-refractivity contribution in [2.24, 2.45) is 0 Å². The third kappa shape index (κ3) is 20.2. The van der Waals surface area contributed by atoms with Crippen LogP contribution in [0.4, 0.5) is 9.18 Å². The lowest BCUT2D eigenvalue weighted by molar-refractivity contribution is -0.927. The number of ether oxygens (including phenoxy) is 11. The number of amides is 6. The fraction of sp³-hybridized carbons (Fsp3) is 0.619. The van der Waals surface area contributed by atoms with Gasteiger partial charge in [-0.1, -0.05) is 20.3 Å². The highest BCUT2D eigenvalue weighted by Crippen LogP contribution is 2.43. The largest absolute Gasteiger partial charge is 0.494 e. The molecular weight excluding hydrogens is 1210 g/mol. The van der Waals surface area contributed by atoms with E-state index in [1.807, 2.05) is 6.92 Å². The van der Waals surface area contributed by atoms with E-state index in [2.05, 4.69) is 28.3 Å². The summed E-state index contributed by atoms with van der Waals surface area (Å²) in [6.45, 7) is 11.2. The molecule has 3 aromatic rings. The molecule has 1 aromatic carbocycles. The molecule has 0 aliphatic carbocycles. The minimum atomic E-state index is -1.80. The van der Waals surface area contributed by atoms with Gasteiger partial charge in [0.2, 0.25) is 23.3 Å².